The molecule has 0 atom stereocenters. The summed E-state index contributed by atoms with van der Waals surface area (Å²) in [7, 11) is -2.73. The van der Waals surface area contributed by atoms with E-state index in [1.165, 1.54) is 0 Å². The van der Waals surface area contributed by atoms with E-state index < -0.39 is 10.3 Å². The minimum Gasteiger partial charge on any atom is -0.497 e. The lowest BCUT2D eigenvalue weighted by Gasteiger charge is -1.96. The van der Waals surface area contributed by atoms with Crippen molar-refractivity contribution in [2.24, 2.45) is 0 Å². The molecule has 2 rings (SSSR count). The Labute approximate surface area is 95.8 Å². The molecule has 2 aromatic rings. The Balaban J connectivity index is 2.44. The van der Waals surface area contributed by atoms with Gasteiger partial charge in [-0.1, -0.05) is 11.3 Å². The van der Waals surface area contributed by atoms with Crippen LogP contribution in [-0.2, 0) is 10.3 Å². The molecule has 1 aromatic heterocycles. The van der Waals surface area contributed by atoms with Crippen molar-refractivity contribution >= 4 is 37.0 Å². The quantitative estimate of drug-likeness (QED) is 0.817. The van der Waals surface area contributed by atoms with Crippen molar-refractivity contribution in [3.8, 4) is 5.75 Å². The number of thiazole rings is 1. The molecular weight excluding hydrogens is 252 g/mol. The van der Waals surface area contributed by atoms with E-state index in [1.807, 2.05) is 4.72 Å². The van der Waals surface area contributed by atoms with Crippen molar-refractivity contribution in [2.75, 3.05) is 11.8 Å². The molecule has 8 heteroatoms. The summed E-state index contributed by atoms with van der Waals surface area (Å²) in [4.78, 5) is 3.99. The van der Waals surface area contributed by atoms with Gasteiger partial charge in [0.1, 0.15) is 5.75 Å². The summed E-state index contributed by atoms with van der Waals surface area (Å²) in [6, 6.07) is 5.17. The second-order valence-electron chi connectivity index (χ2n) is 2.93. The maximum Gasteiger partial charge on any atom is 0.359 e. The van der Waals surface area contributed by atoms with E-state index in [9.17, 15) is 8.42 Å². The number of benzene rings is 1. The molecule has 0 amide bonds. The molecule has 0 saturated heterocycles. The van der Waals surface area contributed by atoms with Crippen molar-refractivity contribution < 1.29 is 17.7 Å². The van der Waals surface area contributed by atoms with Gasteiger partial charge < -0.3 is 4.74 Å². The first-order valence-electron chi connectivity index (χ1n) is 4.18. The van der Waals surface area contributed by atoms with Crippen LogP contribution in [0.3, 0.4) is 0 Å². The molecular formula is C8H8N2O4S2. The Morgan fingerprint density at radius 3 is 2.88 bits per heavy atom. The Bertz CT molecular complexity index is 620. The summed E-state index contributed by atoms with van der Waals surface area (Å²) in [5, 5.41) is 0.116. The van der Waals surface area contributed by atoms with Crippen molar-refractivity contribution in [1.29, 1.82) is 0 Å². The number of hydrogen-bond acceptors (Lipinski definition) is 5. The molecule has 6 nitrogen and oxygen atoms in total. The van der Waals surface area contributed by atoms with Crippen LogP contribution in [0.25, 0.3) is 10.2 Å². The Kier molecular flexibility index (Phi) is 2.70. The highest BCUT2D eigenvalue weighted by Gasteiger charge is 2.09. The zero-order chi connectivity index (χ0) is 11.8. The zero-order valence-electron chi connectivity index (χ0n) is 8.17. The minimum absolute atomic E-state index is 0.116. The summed E-state index contributed by atoms with van der Waals surface area (Å²) in [6.07, 6.45) is 0. The normalized spacial score (nSPS) is 11.6. The second-order valence-corrected chi connectivity index (χ2v) is 5.11. The molecule has 16 heavy (non-hydrogen) atoms. The average Bonchev–Trinajstić information content (AvgIpc) is 2.55. The predicted octanol–water partition coefficient (Wildman–Crippen LogP) is 1.52. The molecule has 86 valence electrons. The summed E-state index contributed by atoms with van der Waals surface area (Å²) in [5.41, 5.74) is 0.636. The lowest BCUT2D eigenvalue weighted by atomic mass is 10.3. The van der Waals surface area contributed by atoms with Gasteiger partial charge in [0.25, 0.3) is 0 Å². The Morgan fingerprint density at radius 1 is 1.50 bits per heavy atom. The molecule has 0 bridgehead atoms. The van der Waals surface area contributed by atoms with Gasteiger partial charge in [0.2, 0.25) is 0 Å². The number of nitrogens with one attached hydrogen (secondary N) is 1. The maximum absolute atomic E-state index is 10.6. The molecule has 0 spiro atoms. The number of nitrogens with zero attached hydrogens (tertiary/aromatic N) is 1. The van der Waals surface area contributed by atoms with Crippen LogP contribution < -0.4 is 9.46 Å². The van der Waals surface area contributed by atoms with Crippen LogP contribution in [0.2, 0.25) is 0 Å². The van der Waals surface area contributed by atoms with Crippen LogP contribution in [-0.4, -0.2) is 25.1 Å². The molecule has 0 aliphatic rings. The first-order chi connectivity index (χ1) is 7.48. The number of aromatic nitrogens is 1. The third kappa shape index (κ3) is 2.40. The number of rotatable bonds is 3. The van der Waals surface area contributed by atoms with Gasteiger partial charge >= 0.3 is 10.3 Å². The second kappa shape index (κ2) is 3.89. The highest BCUT2D eigenvalue weighted by Crippen LogP contribution is 2.29. The molecule has 2 N–H and O–H groups in total. The van der Waals surface area contributed by atoms with E-state index in [1.54, 1.807) is 25.3 Å². The SMILES string of the molecule is COc1ccc2nc(NS(=O)(=O)O)sc2c1. The summed E-state index contributed by atoms with van der Waals surface area (Å²) in [5.74, 6) is 0.662. The lowest BCUT2D eigenvalue weighted by Crippen LogP contribution is -2.09. The standard InChI is InChI=1S/C8H8N2O4S2/c1-14-5-2-3-6-7(4-5)15-8(9-6)10-16(11,12)13/h2-4H,1H3,(H,9,10)(H,11,12,13). The Hall–Kier alpha value is -1.38. The fourth-order valence-corrected chi connectivity index (χ4v) is 2.68. The Morgan fingerprint density at radius 2 is 2.25 bits per heavy atom. The highest BCUT2D eigenvalue weighted by molar-refractivity contribution is 7.87. The van der Waals surface area contributed by atoms with Gasteiger partial charge in [-0.3, -0.25) is 4.55 Å². The molecule has 0 fully saturated rings. The van der Waals surface area contributed by atoms with Gasteiger partial charge in [0, 0.05) is 0 Å². The molecule has 0 aliphatic heterocycles. The fraction of sp³-hybridized carbons (Fsp3) is 0.125. The van der Waals surface area contributed by atoms with Crippen molar-refractivity contribution in [2.45, 2.75) is 0 Å². The van der Waals surface area contributed by atoms with Gasteiger partial charge in [-0.15, -0.1) is 0 Å². The maximum atomic E-state index is 10.6. The van der Waals surface area contributed by atoms with E-state index >= 15 is 0 Å². The lowest BCUT2D eigenvalue weighted by molar-refractivity contribution is 0.415. The third-order valence-electron chi connectivity index (χ3n) is 1.81. The number of anilines is 1. The van der Waals surface area contributed by atoms with E-state index in [2.05, 4.69) is 4.98 Å². The fourth-order valence-electron chi connectivity index (χ4n) is 1.19. The van der Waals surface area contributed by atoms with E-state index in [4.69, 9.17) is 9.29 Å². The van der Waals surface area contributed by atoms with E-state index in [0.717, 1.165) is 16.0 Å². The van der Waals surface area contributed by atoms with Gasteiger partial charge in [-0.25, -0.2) is 9.71 Å². The summed E-state index contributed by atoms with van der Waals surface area (Å²) < 4.78 is 37.5. The molecule has 0 radical (unpaired) electrons. The topological polar surface area (TPSA) is 88.5 Å². The van der Waals surface area contributed by atoms with E-state index in [0.29, 0.717) is 11.3 Å². The monoisotopic (exact) mass is 260 g/mol. The van der Waals surface area contributed by atoms with E-state index in [-0.39, 0.29) is 5.13 Å². The van der Waals surface area contributed by atoms with Crippen molar-refractivity contribution in [3.05, 3.63) is 18.2 Å². The third-order valence-corrected chi connectivity index (χ3v) is 3.33. The van der Waals surface area contributed by atoms with Crippen molar-refractivity contribution in [1.82, 2.24) is 4.98 Å². The number of methoxy groups -OCH3 is 1. The number of ether oxygens (including phenoxy) is 1. The average molecular weight is 260 g/mol. The first-order valence-corrected chi connectivity index (χ1v) is 6.43. The summed E-state index contributed by atoms with van der Waals surface area (Å²) >= 11 is 1.11. The summed E-state index contributed by atoms with van der Waals surface area (Å²) in [6.45, 7) is 0. The van der Waals surface area contributed by atoms with Crippen LogP contribution in [0.1, 0.15) is 0 Å². The van der Waals surface area contributed by atoms with Crippen LogP contribution >= 0.6 is 11.3 Å². The van der Waals surface area contributed by atoms with Crippen LogP contribution in [0.15, 0.2) is 18.2 Å². The largest absolute Gasteiger partial charge is 0.497 e. The van der Waals surface area contributed by atoms with Crippen LogP contribution in [0.4, 0.5) is 5.13 Å². The van der Waals surface area contributed by atoms with Crippen LogP contribution in [0, 0.1) is 0 Å². The first kappa shape index (κ1) is 11.1. The van der Waals surface area contributed by atoms with Gasteiger partial charge in [0.05, 0.1) is 17.3 Å². The predicted molar refractivity (Wildman–Crippen MR) is 61.3 cm³/mol. The minimum atomic E-state index is -4.27. The number of fused-ring (bicyclic) bond motifs is 1. The number of hydrogen-bond donors (Lipinski definition) is 2. The van der Waals surface area contributed by atoms with Gasteiger partial charge in [-0.2, -0.15) is 8.42 Å². The van der Waals surface area contributed by atoms with Crippen LogP contribution in [0.5, 0.6) is 5.75 Å². The molecule has 0 saturated carbocycles. The highest BCUT2D eigenvalue weighted by atomic mass is 32.2. The van der Waals surface area contributed by atoms with Crippen molar-refractivity contribution in [3.63, 3.8) is 0 Å². The van der Waals surface area contributed by atoms with Gasteiger partial charge in [-0.05, 0) is 18.2 Å². The zero-order valence-corrected chi connectivity index (χ0v) is 9.80. The molecule has 1 heterocycles. The molecule has 1 aromatic carbocycles. The molecule has 0 aliphatic carbocycles. The van der Waals surface area contributed by atoms with Gasteiger partial charge in [0.15, 0.2) is 5.13 Å². The smallest absolute Gasteiger partial charge is 0.359 e. The molecule has 0 unspecified atom stereocenters.